The number of likely N-dealkylation sites (N-methyl/N-ethyl adjacent to an activating group) is 1. The first-order valence-corrected chi connectivity index (χ1v) is 7.03. The zero-order chi connectivity index (χ0) is 16.8. The molecule has 0 heterocycles. The van der Waals surface area contributed by atoms with Gasteiger partial charge >= 0.3 is 0 Å². The first kappa shape index (κ1) is 16.4. The van der Waals surface area contributed by atoms with Gasteiger partial charge in [0.1, 0.15) is 11.5 Å². The Kier molecular flexibility index (Phi) is 5.25. The lowest BCUT2D eigenvalue weighted by Crippen LogP contribution is -2.34. The highest BCUT2D eigenvalue weighted by atomic mass is 19.1. The van der Waals surface area contributed by atoms with Crippen LogP contribution in [-0.2, 0) is 4.79 Å². The standard InChI is InChI=1S/C18H17FN2O2/c1-21(2)18(23)16(12-14-10-6-7-11-15(14)19)20-17(22)13-8-4-3-5-9-13/h3-12H,1-2H3,(H,20,22)/b16-12+. The lowest BCUT2D eigenvalue weighted by Gasteiger charge is -2.15. The van der Waals surface area contributed by atoms with Crippen LogP contribution in [0.25, 0.3) is 6.08 Å². The fourth-order valence-corrected chi connectivity index (χ4v) is 1.92. The zero-order valence-corrected chi connectivity index (χ0v) is 12.9. The van der Waals surface area contributed by atoms with Gasteiger partial charge in [-0.3, -0.25) is 9.59 Å². The third-order valence-corrected chi connectivity index (χ3v) is 3.13. The molecule has 0 spiro atoms. The second kappa shape index (κ2) is 7.35. The third kappa shape index (κ3) is 4.26. The Bertz CT molecular complexity index is 740. The maximum atomic E-state index is 13.8. The van der Waals surface area contributed by atoms with Gasteiger partial charge in [0.05, 0.1) is 0 Å². The van der Waals surface area contributed by atoms with Gasteiger partial charge in [-0.25, -0.2) is 4.39 Å². The molecule has 0 radical (unpaired) electrons. The Hall–Kier alpha value is -2.95. The summed E-state index contributed by atoms with van der Waals surface area (Å²) in [5.41, 5.74) is 0.651. The smallest absolute Gasteiger partial charge is 0.269 e. The van der Waals surface area contributed by atoms with Crippen LogP contribution >= 0.6 is 0 Å². The summed E-state index contributed by atoms with van der Waals surface area (Å²) in [4.78, 5) is 25.8. The van der Waals surface area contributed by atoms with E-state index in [9.17, 15) is 14.0 Å². The fraction of sp³-hybridized carbons (Fsp3) is 0.111. The van der Waals surface area contributed by atoms with Crippen LogP contribution in [0.4, 0.5) is 4.39 Å². The summed E-state index contributed by atoms with van der Waals surface area (Å²) in [7, 11) is 3.12. The van der Waals surface area contributed by atoms with Crippen molar-refractivity contribution < 1.29 is 14.0 Å². The number of benzene rings is 2. The van der Waals surface area contributed by atoms with Gasteiger partial charge in [0, 0.05) is 25.2 Å². The second-order valence-electron chi connectivity index (χ2n) is 5.10. The SMILES string of the molecule is CN(C)C(=O)/C(=C\c1ccccc1F)NC(=O)c1ccccc1. The molecule has 5 heteroatoms. The molecule has 0 aliphatic rings. The van der Waals surface area contributed by atoms with E-state index in [1.165, 1.54) is 23.1 Å². The number of amides is 2. The van der Waals surface area contributed by atoms with E-state index in [1.807, 2.05) is 0 Å². The van der Waals surface area contributed by atoms with Crippen LogP contribution in [0.5, 0.6) is 0 Å². The molecule has 2 aromatic carbocycles. The molecule has 4 nitrogen and oxygen atoms in total. The zero-order valence-electron chi connectivity index (χ0n) is 12.9. The summed E-state index contributed by atoms with van der Waals surface area (Å²) in [5.74, 6) is -1.31. The minimum Gasteiger partial charge on any atom is -0.344 e. The molecule has 0 bridgehead atoms. The maximum Gasteiger partial charge on any atom is 0.269 e. The minimum atomic E-state index is -0.467. The number of rotatable bonds is 4. The average Bonchev–Trinajstić information content (AvgIpc) is 2.56. The molecule has 0 aliphatic carbocycles. The highest BCUT2D eigenvalue weighted by molar-refractivity contribution is 6.05. The normalized spacial score (nSPS) is 11.0. The summed E-state index contributed by atoms with van der Waals surface area (Å²) in [6, 6.07) is 14.6. The van der Waals surface area contributed by atoms with E-state index in [0.29, 0.717) is 5.56 Å². The van der Waals surface area contributed by atoms with Crippen molar-refractivity contribution in [3.8, 4) is 0 Å². The van der Waals surface area contributed by atoms with E-state index in [4.69, 9.17) is 0 Å². The molecule has 0 saturated carbocycles. The number of hydrogen-bond donors (Lipinski definition) is 1. The molecule has 0 unspecified atom stereocenters. The van der Waals surface area contributed by atoms with Crippen molar-refractivity contribution in [2.75, 3.05) is 14.1 Å². The van der Waals surface area contributed by atoms with Crippen molar-refractivity contribution >= 4 is 17.9 Å². The van der Waals surface area contributed by atoms with Gasteiger partial charge in [0.2, 0.25) is 0 Å². The van der Waals surface area contributed by atoms with E-state index >= 15 is 0 Å². The summed E-state index contributed by atoms with van der Waals surface area (Å²) < 4.78 is 13.8. The molecule has 2 aromatic rings. The third-order valence-electron chi connectivity index (χ3n) is 3.13. The molecule has 2 amide bonds. The molecule has 0 aromatic heterocycles. The molecule has 1 N–H and O–H groups in total. The van der Waals surface area contributed by atoms with Gasteiger partial charge in [0.25, 0.3) is 11.8 Å². The van der Waals surface area contributed by atoms with Crippen LogP contribution in [0.3, 0.4) is 0 Å². The van der Waals surface area contributed by atoms with Gasteiger partial charge < -0.3 is 10.2 Å². The van der Waals surface area contributed by atoms with E-state index in [2.05, 4.69) is 5.32 Å². The number of halogens is 1. The van der Waals surface area contributed by atoms with Gasteiger partial charge in [-0.2, -0.15) is 0 Å². The molecule has 0 fully saturated rings. The number of carbonyl (C=O) groups excluding carboxylic acids is 2. The molecule has 0 atom stereocenters. The molecule has 118 valence electrons. The van der Waals surface area contributed by atoms with Gasteiger partial charge in [-0.05, 0) is 24.3 Å². The van der Waals surface area contributed by atoms with Crippen molar-refractivity contribution in [2.45, 2.75) is 0 Å². The van der Waals surface area contributed by atoms with Crippen LogP contribution in [0.2, 0.25) is 0 Å². The van der Waals surface area contributed by atoms with E-state index in [0.717, 1.165) is 0 Å². The molecule has 0 saturated heterocycles. The number of nitrogens with one attached hydrogen (secondary N) is 1. The highest BCUT2D eigenvalue weighted by Gasteiger charge is 2.16. The van der Waals surface area contributed by atoms with Crippen LogP contribution in [0.1, 0.15) is 15.9 Å². The number of nitrogens with zero attached hydrogens (tertiary/aromatic N) is 1. The van der Waals surface area contributed by atoms with Crippen LogP contribution < -0.4 is 5.32 Å². The highest BCUT2D eigenvalue weighted by Crippen LogP contribution is 2.12. The van der Waals surface area contributed by atoms with Crippen molar-refractivity contribution in [1.29, 1.82) is 0 Å². The van der Waals surface area contributed by atoms with Crippen molar-refractivity contribution in [1.82, 2.24) is 10.2 Å². The summed E-state index contributed by atoms with van der Waals surface area (Å²) in [6.45, 7) is 0. The summed E-state index contributed by atoms with van der Waals surface area (Å²) in [5, 5.41) is 2.55. The molecular formula is C18H17FN2O2. The van der Waals surface area contributed by atoms with Crippen molar-refractivity contribution in [3.05, 3.63) is 77.2 Å². The van der Waals surface area contributed by atoms with Gasteiger partial charge in [0.15, 0.2) is 0 Å². The van der Waals surface area contributed by atoms with Gasteiger partial charge in [-0.15, -0.1) is 0 Å². The van der Waals surface area contributed by atoms with Crippen LogP contribution in [0.15, 0.2) is 60.3 Å². The van der Waals surface area contributed by atoms with E-state index in [-0.39, 0.29) is 11.3 Å². The largest absolute Gasteiger partial charge is 0.344 e. The molecule has 0 aliphatic heterocycles. The lowest BCUT2D eigenvalue weighted by atomic mass is 10.1. The van der Waals surface area contributed by atoms with Gasteiger partial charge in [-0.1, -0.05) is 36.4 Å². The van der Waals surface area contributed by atoms with Crippen molar-refractivity contribution in [2.24, 2.45) is 0 Å². The monoisotopic (exact) mass is 312 g/mol. The molecule has 23 heavy (non-hydrogen) atoms. The Morgan fingerprint density at radius 2 is 1.61 bits per heavy atom. The Labute approximate surface area is 134 Å². The van der Waals surface area contributed by atoms with Crippen LogP contribution in [-0.4, -0.2) is 30.8 Å². The number of carbonyl (C=O) groups is 2. The van der Waals surface area contributed by atoms with E-state index in [1.54, 1.807) is 56.6 Å². The predicted octanol–water partition coefficient (Wildman–Crippen LogP) is 2.68. The average molecular weight is 312 g/mol. The Balaban J connectivity index is 2.34. The van der Waals surface area contributed by atoms with E-state index < -0.39 is 17.6 Å². The Morgan fingerprint density at radius 3 is 2.22 bits per heavy atom. The quantitative estimate of drug-likeness (QED) is 0.883. The minimum absolute atomic E-state index is 0.00829. The van der Waals surface area contributed by atoms with Crippen molar-refractivity contribution in [3.63, 3.8) is 0 Å². The second-order valence-corrected chi connectivity index (χ2v) is 5.10. The first-order chi connectivity index (χ1) is 11.0. The Morgan fingerprint density at radius 1 is 1.00 bits per heavy atom. The topological polar surface area (TPSA) is 49.4 Å². The van der Waals surface area contributed by atoms with Crippen LogP contribution in [0, 0.1) is 5.82 Å². The summed E-state index contributed by atoms with van der Waals surface area (Å²) in [6.07, 6.45) is 1.33. The maximum absolute atomic E-state index is 13.8. The summed E-state index contributed by atoms with van der Waals surface area (Å²) >= 11 is 0. The first-order valence-electron chi connectivity index (χ1n) is 7.03. The fourth-order valence-electron chi connectivity index (χ4n) is 1.92. The predicted molar refractivity (Wildman–Crippen MR) is 87.0 cm³/mol. The molecule has 2 rings (SSSR count). The lowest BCUT2D eigenvalue weighted by molar-refractivity contribution is -0.124. The number of hydrogen-bond acceptors (Lipinski definition) is 2. The molecular weight excluding hydrogens is 295 g/mol.